The molecule has 28 heavy (non-hydrogen) atoms. The predicted octanol–water partition coefficient (Wildman–Crippen LogP) is 5.45. The first-order valence-corrected chi connectivity index (χ1v) is 10.1. The number of anilines is 1. The second-order valence-electron chi connectivity index (χ2n) is 7.73. The number of rotatable bonds is 6. The molecule has 1 aliphatic rings. The molecular weight excluding hydrogens is 370 g/mol. The molecule has 1 heterocycles. The SMILES string of the molecule is CC(C)c1nccn1Cc1cccc(NC(=O)C2CC2c2ccccc2Cl)c1. The summed E-state index contributed by atoms with van der Waals surface area (Å²) < 4.78 is 2.15. The highest BCUT2D eigenvalue weighted by Gasteiger charge is 2.44. The first kappa shape index (κ1) is 18.8. The molecule has 0 spiro atoms. The van der Waals surface area contributed by atoms with Crippen molar-refractivity contribution in [3.8, 4) is 0 Å². The van der Waals surface area contributed by atoms with Gasteiger partial charge in [0.1, 0.15) is 5.82 Å². The topological polar surface area (TPSA) is 46.9 Å². The van der Waals surface area contributed by atoms with Gasteiger partial charge in [-0.1, -0.05) is 55.8 Å². The lowest BCUT2D eigenvalue weighted by molar-refractivity contribution is -0.117. The number of hydrogen-bond donors (Lipinski definition) is 1. The van der Waals surface area contributed by atoms with Crippen LogP contribution in [-0.2, 0) is 11.3 Å². The van der Waals surface area contributed by atoms with Crippen molar-refractivity contribution in [2.75, 3.05) is 5.32 Å². The minimum atomic E-state index is -0.00949. The number of imidazole rings is 1. The monoisotopic (exact) mass is 393 g/mol. The van der Waals surface area contributed by atoms with E-state index in [2.05, 4.69) is 34.8 Å². The lowest BCUT2D eigenvalue weighted by Gasteiger charge is -2.12. The van der Waals surface area contributed by atoms with Crippen molar-refractivity contribution in [2.24, 2.45) is 5.92 Å². The van der Waals surface area contributed by atoms with Gasteiger partial charge in [-0.25, -0.2) is 4.98 Å². The van der Waals surface area contributed by atoms with E-state index in [1.807, 2.05) is 54.9 Å². The number of halogens is 1. The van der Waals surface area contributed by atoms with Crippen LogP contribution >= 0.6 is 11.6 Å². The van der Waals surface area contributed by atoms with E-state index in [0.29, 0.717) is 5.92 Å². The molecule has 0 radical (unpaired) electrons. The van der Waals surface area contributed by atoms with Crippen molar-refractivity contribution >= 4 is 23.2 Å². The van der Waals surface area contributed by atoms with E-state index in [0.717, 1.165) is 40.6 Å². The Morgan fingerprint density at radius 3 is 2.86 bits per heavy atom. The van der Waals surface area contributed by atoms with Crippen molar-refractivity contribution in [2.45, 2.75) is 38.6 Å². The number of nitrogens with one attached hydrogen (secondary N) is 1. The molecule has 5 heteroatoms. The van der Waals surface area contributed by atoms with Gasteiger partial charge in [0.05, 0.1) is 0 Å². The molecule has 3 aromatic rings. The first-order chi connectivity index (χ1) is 13.5. The molecule has 0 aliphatic heterocycles. The Balaban J connectivity index is 1.42. The summed E-state index contributed by atoms with van der Waals surface area (Å²) in [7, 11) is 0. The number of amides is 1. The maximum atomic E-state index is 12.7. The van der Waals surface area contributed by atoms with Gasteiger partial charge in [-0.2, -0.15) is 0 Å². The van der Waals surface area contributed by atoms with E-state index < -0.39 is 0 Å². The minimum Gasteiger partial charge on any atom is -0.330 e. The van der Waals surface area contributed by atoms with E-state index in [1.54, 1.807) is 0 Å². The Bertz CT molecular complexity index is 995. The smallest absolute Gasteiger partial charge is 0.228 e. The second-order valence-corrected chi connectivity index (χ2v) is 8.14. The molecule has 1 aromatic heterocycles. The molecule has 1 aliphatic carbocycles. The number of nitrogens with zero attached hydrogens (tertiary/aromatic N) is 2. The largest absolute Gasteiger partial charge is 0.330 e. The third kappa shape index (κ3) is 3.97. The normalized spacial score (nSPS) is 18.3. The average molecular weight is 394 g/mol. The summed E-state index contributed by atoms with van der Waals surface area (Å²) in [5.41, 5.74) is 3.04. The van der Waals surface area contributed by atoms with Crippen molar-refractivity contribution in [3.63, 3.8) is 0 Å². The van der Waals surface area contributed by atoms with Crippen LogP contribution in [0.3, 0.4) is 0 Å². The zero-order valence-electron chi connectivity index (χ0n) is 16.1. The van der Waals surface area contributed by atoms with Crippen molar-refractivity contribution in [1.29, 1.82) is 0 Å². The molecule has 1 amide bonds. The third-order valence-electron chi connectivity index (χ3n) is 5.24. The first-order valence-electron chi connectivity index (χ1n) is 9.68. The van der Waals surface area contributed by atoms with Crippen LogP contribution in [0.2, 0.25) is 5.02 Å². The van der Waals surface area contributed by atoms with Crippen LogP contribution in [0.4, 0.5) is 5.69 Å². The van der Waals surface area contributed by atoms with Gasteiger partial charge in [-0.15, -0.1) is 0 Å². The molecule has 2 atom stereocenters. The Kier molecular flexibility index (Phi) is 5.23. The van der Waals surface area contributed by atoms with E-state index in [4.69, 9.17) is 11.6 Å². The van der Waals surface area contributed by atoms with E-state index in [-0.39, 0.29) is 17.7 Å². The molecule has 1 fully saturated rings. The standard InChI is InChI=1S/C23H24ClN3O/c1-15(2)22-25-10-11-27(22)14-16-6-5-7-17(12-16)26-23(28)20-13-19(20)18-8-3-4-9-21(18)24/h3-12,15,19-20H,13-14H2,1-2H3,(H,26,28). The van der Waals surface area contributed by atoms with Gasteiger partial charge < -0.3 is 9.88 Å². The number of carbonyl (C=O) groups excluding carboxylic acids is 1. The van der Waals surface area contributed by atoms with Crippen LogP contribution in [0, 0.1) is 5.92 Å². The number of carbonyl (C=O) groups is 1. The zero-order chi connectivity index (χ0) is 19.7. The molecule has 0 saturated heterocycles. The fourth-order valence-corrected chi connectivity index (χ4v) is 4.01. The van der Waals surface area contributed by atoms with E-state index in [9.17, 15) is 4.79 Å². The molecule has 2 aromatic carbocycles. The summed E-state index contributed by atoms with van der Waals surface area (Å²) in [5.74, 6) is 1.71. The molecule has 0 bridgehead atoms. The van der Waals surface area contributed by atoms with Crippen molar-refractivity contribution in [3.05, 3.63) is 82.9 Å². The highest BCUT2D eigenvalue weighted by Crippen LogP contribution is 2.50. The minimum absolute atomic E-state index is 0.00949. The molecule has 2 unspecified atom stereocenters. The molecular formula is C23H24ClN3O. The maximum absolute atomic E-state index is 12.7. The summed E-state index contributed by atoms with van der Waals surface area (Å²) in [6.07, 6.45) is 4.68. The van der Waals surface area contributed by atoms with Gasteiger partial charge in [0.25, 0.3) is 0 Å². The van der Waals surface area contributed by atoms with E-state index in [1.165, 1.54) is 0 Å². The highest BCUT2D eigenvalue weighted by atomic mass is 35.5. The number of aromatic nitrogens is 2. The summed E-state index contributed by atoms with van der Waals surface area (Å²) >= 11 is 6.27. The predicted molar refractivity (Wildman–Crippen MR) is 113 cm³/mol. The Morgan fingerprint density at radius 2 is 2.07 bits per heavy atom. The Labute approximate surface area is 170 Å². The average Bonchev–Trinajstić information content (AvgIpc) is 3.33. The van der Waals surface area contributed by atoms with Crippen molar-refractivity contribution < 1.29 is 4.79 Å². The van der Waals surface area contributed by atoms with Crippen LogP contribution in [0.1, 0.15) is 49.1 Å². The van der Waals surface area contributed by atoms with Gasteiger partial charge in [0.2, 0.25) is 5.91 Å². The lowest BCUT2D eigenvalue weighted by Crippen LogP contribution is -2.15. The fourth-order valence-electron chi connectivity index (χ4n) is 3.74. The van der Waals surface area contributed by atoms with E-state index >= 15 is 0 Å². The summed E-state index contributed by atoms with van der Waals surface area (Å²) in [4.78, 5) is 17.1. The van der Waals surface area contributed by atoms with Crippen LogP contribution in [-0.4, -0.2) is 15.5 Å². The zero-order valence-corrected chi connectivity index (χ0v) is 16.9. The van der Waals surface area contributed by atoms with Gasteiger partial charge in [-0.3, -0.25) is 4.79 Å². The van der Waals surface area contributed by atoms with Gasteiger partial charge in [-0.05, 0) is 41.7 Å². The second kappa shape index (κ2) is 7.80. The van der Waals surface area contributed by atoms with Crippen molar-refractivity contribution in [1.82, 2.24) is 9.55 Å². The summed E-state index contributed by atoms with van der Waals surface area (Å²) in [5, 5.41) is 3.82. The fraction of sp³-hybridized carbons (Fsp3) is 0.304. The van der Waals surface area contributed by atoms with Gasteiger partial charge in [0.15, 0.2) is 0 Å². The summed E-state index contributed by atoms with van der Waals surface area (Å²) in [6.45, 7) is 5.02. The molecule has 144 valence electrons. The highest BCUT2D eigenvalue weighted by molar-refractivity contribution is 6.31. The van der Waals surface area contributed by atoms with Gasteiger partial charge in [0, 0.05) is 41.5 Å². The maximum Gasteiger partial charge on any atom is 0.228 e. The quantitative estimate of drug-likeness (QED) is 0.605. The van der Waals surface area contributed by atoms with Crippen LogP contribution in [0.15, 0.2) is 60.9 Å². The third-order valence-corrected chi connectivity index (χ3v) is 5.59. The van der Waals surface area contributed by atoms with Gasteiger partial charge >= 0.3 is 0 Å². The lowest BCUT2D eigenvalue weighted by atomic mass is 10.1. The Morgan fingerprint density at radius 1 is 1.25 bits per heavy atom. The van der Waals surface area contributed by atoms with Crippen LogP contribution in [0.25, 0.3) is 0 Å². The van der Waals surface area contributed by atoms with Crippen LogP contribution in [0.5, 0.6) is 0 Å². The number of benzene rings is 2. The molecule has 4 rings (SSSR count). The molecule has 1 saturated carbocycles. The molecule has 4 nitrogen and oxygen atoms in total. The summed E-state index contributed by atoms with van der Waals surface area (Å²) in [6, 6.07) is 15.8. The van der Waals surface area contributed by atoms with Crippen LogP contribution < -0.4 is 5.32 Å². The Hall–Kier alpha value is -2.59. The molecule has 1 N–H and O–H groups in total. The number of hydrogen-bond acceptors (Lipinski definition) is 2.